The van der Waals surface area contributed by atoms with Crippen LogP contribution in [0.3, 0.4) is 0 Å². The van der Waals surface area contributed by atoms with Crippen LogP contribution in [0.1, 0.15) is 138 Å². The lowest BCUT2D eigenvalue weighted by Gasteiger charge is -2.36. The average molecular weight is 735 g/mol. The maximum Gasteiger partial charge on any atom is 0.633 e. The summed E-state index contributed by atoms with van der Waals surface area (Å²) in [6, 6.07) is 42.3. The van der Waals surface area contributed by atoms with Crippen molar-refractivity contribution in [3.05, 3.63) is 144 Å². The Morgan fingerprint density at radius 2 is 0.852 bits per heavy atom. The summed E-state index contributed by atoms with van der Waals surface area (Å²) in [5.41, 5.74) is 4.79. The molecule has 0 bridgehead atoms. The zero-order valence-corrected chi connectivity index (χ0v) is 34.2. The van der Waals surface area contributed by atoms with E-state index in [4.69, 9.17) is 14.7 Å². The zero-order valence-electron chi connectivity index (χ0n) is 34.2. The zero-order chi connectivity index (χ0) is 38.6. The van der Waals surface area contributed by atoms with Crippen molar-refractivity contribution in [2.75, 3.05) is 33.8 Å². The number of hydrogen-bond acceptors (Lipinski definition) is 3. The van der Waals surface area contributed by atoms with Gasteiger partial charge in [-0.05, 0) is 54.4 Å². The Hall–Kier alpha value is -3.22. The molecule has 54 heavy (non-hydrogen) atoms. The molecule has 2 N–H and O–H groups in total. The summed E-state index contributed by atoms with van der Waals surface area (Å²) < 4.78 is 6.14. The molecule has 0 aliphatic rings. The molecule has 5 heteroatoms. The molecule has 0 aromatic heterocycles. The number of quaternary nitrogens is 1. The molecule has 0 aliphatic heterocycles. The highest BCUT2D eigenvalue weighted by atomic mass is 16.6. The van der Waals surface area contributed by atoms with Gasteiger partial charge in [0.25, 0.3) is 0 Å². The first kappa shape index (κ1) is 45.2. The second-order valence-corrected chi connectivity index (χ2v) is 15.9. The van der Waals surface area contributed by atoms with Crippen molar-refractivity contribution in [2.45, 2.75) is 128 Å². The Labute approximate surface area is 330 Å². The van der Waals surface area contributed by atoms with Crippen LogP contribution in [-0.2, 0) is 16.5 Å². The van der Waals surface area contributed by atoms with Crippen molar-refractivity contribution in [1.82, 2.24) is 0 Å². The minimum Gasteiger partial charge on any atom is -0.402 e. The van der Waals surface area contributed by atoms with Crippen molar-refractivity contribution in [1.29, 1.82) is 0 Å². The normalized spacial score (nSPS) is 11.6. The highest BCUT2D eigenvalue weighted by Crippen LogP contribution is 2.43. The third-order valence-corrected chi connectivity index (χ3v) is 11.0. The third-order valence-electron chi connectivity index (χ3n) is 11.0. The summed E-state index contributed by atoms with van der Waals surface area (Å²) in [6.45, 7) is 5.22. The fourth-order valence-corrected chi connectivity index (χ4v) is 7.83. The van der Waals surface area contributed by atoms with E-state index in [9.17, 15) is 0 Å². The lowest BCUT2D eigenvalue weighted by molar-refractivity contribution is -0.890. The van der Waals surface area contributed by atoms with Gasteiger partial charge in [0.1, 0.15) is 0 Å². The Bertz CT molecular complexity index is 1340. The molecule has 0 aliphatic carbocycles. The van der Waals surface area contributed by atoms with Gasteiger partial charge in [-0.2, -0.15) is 0 Å². The van der Waals surface area contributed by atoms with Gasteiger partial charge in [-0.3, -0.25) is 0 Å². The lowest BCUT2D eigenvalue weighted by atomic mass is 9.67. The summed E-state index contributed by atoms with van der Waals surface area (Å²) in [6.07, 6.45) is 24.3. The van der Waals surface area contributed by atoms with E-state index in [1.807, 2.05) is 18.2 Å². The van der Waals surface area contributed by atoms with Crippen LogP contribution in [0.25, 0.3) is 0 Å². The fraction of sp³-hybridized carbons (Fsp3) is 0.510. The quantitative estimate of drug-likeness (QED) is 0.0278. The molecule has 0 atom stereocenters. The minimum atomic E-state index is -1.73. The maximum absolute atomic E-state index is 8.97. The van der Waals surface area contributed by atoms with Crippen molar-refractivity contribution in [3.8, 4) is 0 Å². The monoisotopic (exact) mass is 735 g/mol. The number of hydrogen-bond donors (Lipinski definition) is 2. The highest BCUT2D eigenvalue weighted by Gasteiger charge is 2.35. The number of nitrogens with zero attached hydrogens (tertiary/aromatic N) is 1. The third kappa shape index (κ3) is 17.9. The number of rotatable bonds is 27. The van der Waals surface area contributed by atoms with E-state index in [-0.39, 0.29) is 12.0 Å². The number of unbranched alkanes of at least 4 members (excludes halogenated alkanes) is 13. The van der Waals surface area contributed by atoms with Crippen LogP contribution in [0, 0.1) is 0 Å². The van der Waals surface area contributed by atoms with E-state index >= 15 is 0 Å². The van der Waals surface area contributed by atoms with Gasteiger partial charge in [0.05, 0.1) is 27.2 Å². The van der Waals surface area contributed by atoms with Crippen LogP contribution in [-0.4, -0.2) is 55.6 Å². The predicted molar refractivity (Wildman–Crippen MR) is 232 cm³/mol. The van der Waals surface area contributed by atoms with Crippen LogP contribution in [0.15, 0.2) is 121 Å². The number of benzene rings is 4. The van der Waals surface area contributed by atoms with Gasteiger partial charge in [-0.1, -0.05) is 205 Å². The molecular weight excluding hydrogens is 661 g/mol. The molecule has 0 saturated carbocycles. The second kappa shape index (κ2) is 27.4. The molecule has 4 nitrogen and oxygen atoms in total. The first-order chi connectivity index (χ1) is 26.4. The van der Waals surface area contributed by atoms with Crippen molar-refractivity contribution >= 4 is 7.32 Å². The first-order valence-electron chi connectivity index (χ1n) is 21.4. The van der Waals surface area contributed by atoms with Crippen molar-refractivity contribution in [3.63, 3.8) is 0 Å². The van der Waals surface area contributed by atoms with Crippen LogP contribution >= 0.6 is 0 Å². The van der Waals surface area contributed by atoms with Crippen molar-refractivity contribution in [2.24, 2.45) is 0 Å². The number of aryl methyl sites for hydroxylation is 1. The Balaban J connectivity index is 0.000000291. The van der Waals surface area contributed by atoms with Crippen LogP contribution in [0.2, 0.25) is 0 Å². The molecule has 0 spiro atoms. The van der Waals surface area contributed by atoms with Gasteiger partial charge in [0, 0.05) is 18.4 Å². The predicted octanol–water partition coefficient (Wildman–Crippen LogP) is 12.0. The smallest absolute Gasteiger partial charge is 0.402 e. The molecule has 4 rings (SSSR count). The molecule has 0 amide bonds. The van der Waals surface area contributed by atoms with E-state index in [1.54, 1.807) is 0 Å². The Kier molecular flexibility index (Phi) is 22.9. The van der Waals surface area contributed by atoms with Crippen LogP contribution in [0.5, 0.6) is 0 Å². The highest BCUT2D eigenvalue weighted by molar-refractivity contribution is 6.32. The van der Waals surface area contributed by atoms with E-state index in [0.29, 0.717) is 6.42 Å². The van der Waals surface area contributed by atoms with Gasteiger partial charge in [-0.15, -0.1) is 0 Å². The summed E-state index contributed by atoms with van der Waals surface area (Å²) in [5.74, 6) is 0. The SMILES string of the molecule is CCCCCCCCCCCCCCCC[N+](C)(C)CCCc1ccccc1.OB(O)OCCCC(c1ccccc1)(c1ccccc1)c1ccccc1. The molecule has 294 valence electrons. The fourth-order valence-electron chi connectivity index (χ4n) is 7.83. The van der Waals surface area contributed by atoms with E-state index in [1.165, 1.54) is 143 Å². The van der Waals surface area contributed by atoms with Gasteiger partial charge < -0.3 is 19.2 Å². The first-order valence-corrected chi connectivity index (χ1v) is 21.4. The molecule has 0 fully saturated rings. The van der Waals surface area contributed by atoms with Crippen LogP contribution < -0.4 is 0 Å². The van der Waals surface area contributed by atoms with Gasteiger partial charge in [-0.25, -0.2) is 0 Å². The van der Waals surface area contributed by atoms with Gasteiger partial charge in [0.2, 0.25) is 0 Å². The minimum absolute atomic E-state index is 0.284. The molecule has 0 unspecified atom stereocenters. The Morgan fingerprint density at radius 1 is 0.481 bits per heavy atom. The largest absolute Gasteiger partial charge is 0.633 e. The molecule has 0 radical (unpaired) electrons. The molecule has 0 saturated heterocycles. The molecule has 0 heterocycles. The molecular formula is C49H73BNO3+. The molecule has 4 aromatic rings. The summed E-state index contributed by atoms with van der Waals surface area (Å²) in [4.78, 5) is 0. The molecule has 4 aromatic carbocycles. The summed E-state index contributed by atoms with van der Waals surface area (Å²) >= 11 is 0. The maximum atomic E-state index is 8.97. The van der Waals surface area contributed by atoms with E-state index < -0.39 is 7.32 Å². The second-order valence-electron chi connectivity index (χ2n) is 15.9. The average Bonchev–Trinajstić information content (AvgIpc) is 3.20. The summed E-state index contributed by atoms with van der Waals surface area (Å²) in [5, 5.41) is 17.9. The van der Waals surface area contributed by atoms with Gasteiger partial charge in [0.15, 0.2) is 0 Å². The topological polar surface area (TPSA) is 49.7 Å². The lowest BCUT2D eigenvalue weighted by Crippen LogP contribution is -2.41. The van der Waals surface area contributed by atoms with Crippen molar-refractivity contribution < 1.29 is 19.2 Å². The van der Waals surface area contributed by atoms with E-state index in [2.05, 4.69) is 124 Å². The van der Waals surface area contributed by atoms with Crippen LogP contribution in [0.4, 0.5) is 0 Å². The van der Waals surface area contributed by atoms with E-state index in [0.717, 1.165) is 6.42 Å². The summed E-state index contributed by atoms with van der Waals surface area (Å²) in [7, 11) is 3.09. The Morgan fingerprint density at radius 3 is 1.26 bits per heavy atom. The standard InChI is InChI=1S/C27H50N.C22H23BO3/c1-4-5-6-7-8-9-10-11-12-13-14-15-16-20-25-28(2,3)26-21-24-27-22-18-17-19-23-27;24-23(25)26-18-10-17-22(19-11-4-1-5-12-19,20-13-6-2-7-14-20)21-15-8-3-9-16-21/h17-19,22-23H,4-16,20-21,24-26H2,1-3H3;1-9,11-16,24-25H,10,17-18H2/q+1;. The van der Waals surface area contributed by atoms with Gasteiger partial charge >= 0.3 is 7.32 Å².